The van der Waals surface area contributed by atoms with Crippen molar-refractivity contribution in [1.82, 2.24) is 9.88 Å². The zero-order chi connectivity index (χ0) is 22.9. The van der Waals surface area contributed by atoms with Crippen LogP contribution in [0, 0.1) is 17.5 Å². The Morgan fingerprint density at radius 2 is 1.84 bits per heavy atom. The van der Waals surface area contributed by atoms with E-state index in [0.717, 1.165) is 12.1 Å². The molecule has 170 valence electrons. The average Bonchev–Trinajstić information content (AvgIpc) is 3.17. The molecule has 1 aromatic heterocycles. The monoisotopic (exact) mass is 485 g/mol. The van der Waals surface area contributed by atoms with Gasteiger partial charge in [0.05, 0.1) is 17.0 Å². The van der Waals surface area contributed by atoms with E-state index < -0.39 is 44.1 Å². The third kappa shape index (κ3) is 4.94. The predicted octanol–water partition coefficient (Wildman–Crippen LogP) is 4.30. The minimum Gasteiger partial charge on any atom is -0.381 e. The second-order valence-corrected chi connectivity index (χ2v) is 10.2. The fraction of sp³-hybridized carbons (Fsp3) is 0.286. The van der Waals surface area contributed by atoms with Crippen molar-refractivity contribution in [2.24, 2.45) is 0 Å². The lowest BCUT2D eigenvalue weighted by Gasteiger charge is -2.34. The van der Waals surface area contributed by atoms with Crippen molar-refractivity contribution in [2.45, 2.75) is 29.9 Å². The van der Waals surface area contributed by atoms with Gasteiger partial charge in [-0.25, -0.2) is 31.0 Å². The first kappa shape index (κ1) is 22.7. The van der Waals surface area contributed by atoms with Crippen LogP contribution in [0.2, 0.25) is 0 Å². The van der Waals surface area contributed by atoms with Gasteiger partial charge in [-0.15, -0.1) is 11.3 Å². The summed E-state index contributed by atoms with van der Waals surface area (Å²) in [5.41, 5.74) is 2.52. The highest BCUT2D eigenvalue weighted by molar-refractivity contribution is 7.90. The Morgan fingerprint density at radius 1 is 1.12 bits per heavy atom. The van der Waals surface area contributed by atoms with Crippen molar-refractivity contribution >= 4 is 26.9 Å². The highest BCUT2D eigenvalue weighted by atomic mass is 32.2. The SMILES string of the molecule is O=S(=O)(Cc1cscn1)c1c(F)cc(NCc2c(F)cccc2CN2CC(F)C2)cc1F. The molecular weight excluding hydrogens is 466 g/mol. The van der Waals surface area contributed by atoms with Gasteiger partial charge in [-0.2, -0.15) is 0 Å². The van der Waals surface area contributed by atoms with Crippen LogP contribution in [0.1, 0.15) is 16.8 Å². The van der Waals surface area contributed by atoms with E-state index in [1.54, 1.807) is 12.1 Å². The van der Waals surface area contributed by atoms with Crippen LogP contribution < -0.4 is 5.32 Å². The normalized spacial score (nSPS) is 15.0. The topological polar surface area (TPSA) is 62.3 Å². The number of alkyl halides is 1. The van der Waals surface area contributed by atoms with E-state index in [1.165, 1.54) is 28.3 Å². The van der Waals surface area contributed by atoms with Crippen LogP contribution in [0.5, 0.6) is 0 Å². The Hall–Kier alpha value is -2.50. The minimum absolute atomic E-state index is 0.0328. The lowest BCUT2D eigenvalue weighted by atomic mass is 10.0. The van der Waals surface area contributed by atoms with Crippen LogP contribution in [0.15, 0.2) is 46.1 Å². The van der Waals surface area contributed by atoms with E-state index in [4.69, 9.17) is 0 Å². The average molecular weight is 486 g/mol. The van der Waals surface area contributed by atoms with E-state index in [1.807, 2.05) is 4.90 Å². The van der Waals surface area contributed by atoms with Crippen LogP contribution in [-0.2, 0) is 28.7 Å². The fourth-order valence-electron chi connectivity index (χ4n) is 3.55. The van der Waals surface area contributed by atoms with Gasteiger partial charge in [-0.1, -0.05) is 12.1 Å². The number of benzene rings is 2. The van der Waals surface area contributed by atoms with Crippen LogP contribution in [0.4, 0.5) is 23.2 Å². The molecule has 0 aliphatic carbocycles. The molecule has 3 aromatic rings. The lowest BCUT2D eigenvalue weighted by Crippen LogP contribution is -2.47. The largest absolute Gasteiger partial charge is 0.381 e. The molecule has 1 fully saturated rings. The quantitative estimate of drug-likeness (QED) is 0.482. The van der Waals surface area contributed by atoms with Gasteiger partial charge in [0, 0.05) is 42.8 Å². The summed E-state index contributed by atoms with van der Waals surface area (Å²) in [6.45, 7) is 0.817. The number of thiazole rings is 1. The number of likely N-dealkylation sites (tertiary alicyclic amines) is 1. The highest BCUT2D eigenvalue weighted by Crippen LogP contribution is 2.27. The van der Waals surface area contributed by atoms with Gasteiger partial charge in [-0.3, -0.25) is 4.90 Å². The van der Waals surface area contributed by atoms with Crippen molar-refractivity contribution in [2.75, 3.05) is 18.4 Å². The standard InChI is InChI=1S/C21H19F4N3O2S2/c22-14-8-28(9-14)7-13-2-1-3-18(23)17(13)6-26-15-4-19(24)21(20(25)5-15)32(29,30)11-16-10-31-12-27-16/h1-5,10,12,14,26H,6-9,11H2. The van der Waals surface area contributed by atoms with Crippen LogP contribution in [-0.4, -0.2) is 37.6 Å². The van der Waals surface area contributed by atoms with Crippen LogP contribution in [0.3, 0.4) is 0 Å². The number of nitrogens with one attached hydrogen (secondary N) is 1. The number of sulfone groups is 1. The summed E-state index contributed by atoms with van der Waals surface area (Å²) >= 11 is 1.18. The second kappa shape index (κ2) is 9.16. The number of anilines is 1. The molecule has 1 saturated heterocycles. The molecule has 11 heteroatoms. The molecule has 0 spiro atoms. The van der Waals surface area contributed by atoms with Gasteiger partial charge in [0.1, 0.15) is 28.5 Å². The summed E-state index contributed by atoms with van der Waals surface area (Å²) in [5.74, 6) is -3.61. The summed E-state index contributed by atoms with van der Waals surface area (Å²) in [7, 11) is -4.29. The first-order valence-corrected chi connectivity index (χ1v) is 12.3. The Morgan fingerprint density at radius 3 is 2.47 bits per heavy atom. The molecule has 0 amide bonds. The van der Waals surface area contributed by atoms with Crippen molar-refractivity contribution in [3.05, 3.63) is 75.5 Å². The molecule has 2 aromatic carbocycles. The zero-order valence-corrected chi connectivity index (χ0v) is 18.3. The molecule has 0 bridgehead atoms. The van der Waals surface area contributed by atoms with Crippen molar-refractivity contribution in [3.8, 4) is 0 Å². The summed E-state index contributed by atoms with van der Waals surface area (Å²) < 4.78 is 81.6. The summed E-state index contributed by atoms with van der Waals surface area (Å²) in [4.78, 5) is 4.64. The molecule has 0 atom stereocenters. The molecule has 5 nitrogen and oxygen atoms in total. The van der Waals surface area contributed by atoms with Gasteiger partial charge < -0.3 is 5.32 Å². The molecule has 1 N–H and O–H groups in total. The van der Waals surface area contributed by atoms with E-state index in [0.29, 0.717) is 12.1 Å². The number of rotatable bonds is 8. The van der Waals surface area contributed by atoms with Crippen molar-refractivity contribution in [3.63, 3.8) is 0 Å². The van der Waals surface area contributed by atoms with Crippen LogP contribution in [0.25, 0.3) is 0 Å². The summed E-state index contributed by atoms with van der Waals surface area (Å²) in [5, 5.41) is 4.24. The molecule has 2 heterocycles. The first-order chi connectivity index (χ1) is 15.2. The van der Waals surface area contributed by atoms with E-state index in [-0.39, 0.29) is 36.6 Å². The second-order valence-electron chi connectivity index (χ2n) is 7.53. The molecule has 1 aliphatic heterocycles. The minimum atomic E-state index is -4.29. The Balaban J connectivity index is 1.52. The molecular formula is C21H19F4N3O2S2. The Kier molecular flexibility index (Phi) is 6.50. The van der Waals surface area contributed by atoms with Gasteiger partial charge in [-0.05, 0) is 23.8 Å². The smallest absolute Gasteiger partial charge is 0.189 e. The van der Waals surface area contributed by atoms with E-state index in [9.17, 15) is 26.0 Å². The maximum Gasteiger partial charge on any atom is 0.189 e. The van der Waals surface area contributed by atoms with Gasteiger partial charge in [0.15, 0.2) is 9.84 Å². The number of aromatic nitrogens is 1. The maximum atomic E-state index is 14.6. The van der Waals surface area contributed by atoms with Crippen LogP contribution >= 0.6 is 11.3 Å². The first-order valence-electron chi connectivity index (χ1n) is 9.68. The number of hydrogen-bond acceptors (Lipinski definition) is 6. The van der Waals surface area contributed by atoms with Crippen molar-refractivity contribution in [1.29, 1.82) is 0 Å². The molecule has 32 heavy (non-hydrogen) atoms. The third-order valence-corrected chi connectivity index (χ3v) is 7.45. The maximum absolute atomic E-state index is 14.6. The Bertz CT molecular complexity index is 1190. The lowest BCUT2D eigenvalue weighted by molar-refractivity contribution is 0.0588. The van der Waals surface area contributed by atoms with E-state index >= 15 is 0 Å². The van der Waals surface area contributed by atoms with Gasteiger partial charge >= 0.3 is 0 Å². The molecule has 0 unspecified atom stereocenters. The van der Waals surface area contributed by atoms with Crippen molar-refractivity contribution < 1.29 is 26.0 Å². The Labute approximate surface area is 186 Å². The highest BCUT2D eigenvalue weighted by Gasteiger charge is 2.28. The fourth-order valence-corrected chi connectivity index (χ4v) is 5.62. The van der Waals surface area contributed by atoms with Gasteiger partial charge in [0.2, 0.25) is 0 Å². The molecule has 4 rings (SSSR count). The molecule has 1 aliphatic rings. The summed E-state index contributed by atoms with van der Waals surface area (Å²) in [6, 6.07) is 6.24. The summed E-state index contributed by atoms with van der Waals surface area (Å²) in [6.07, 6.45) is -0.888. The van der Waals surface area contributed by atoms with Gasteiger partial charge in [0.25, 0.3) is 0 Å². The molecule has 0 radical (unpaired) electrons. The number of nitrogens with zero attached hydrogens (tertiary/aromatic N) is 2. The third-order valence-electron chi connectivity index (χ3n) is 5.12. The zero-order valence-electron chi connectivity index (χ0n) is 16.7. The van der Waals surface area contributed by atoms with E-state index in [2.05, 4.69) is 10.3 Å². The predicted molar refractivity (Wildman–Crippen MR) is 113 cm³/mol. The number of halogens is 4. The number of hydrogen-bond donors (Lipinski definition) is 1. The molecule has 0 saturated carbocycles.